The van der Waals surface area contributed by atoms with Gasteiger partial charge in [-0.3, -0.25) is 4.79 Å². The minimum absolute atomic E-state index is 0.0130. The molecule has 6 heteroatoms. The maximum Gasteiger partial charge on any atom is 0.246 e. The lowest BCUT2D eigenvalue weighted by Gasteiger charge is -2.31. The summed E-state index contributed by atoms with van der Waals surface area (Å²) in [6.07, 6.45) is 2.00. The van der Waals surface area contributed by atoms with Gasteiger partial charge in [0.25, 0.3) is 0 Å². The fraction of sp³-hybridized carbons (Fsp3) is 0.588. The molecule has 1 aliphatic heterocycles. The topological polar surface area (TPSA) is 50.4 Å². The predicted octanol–water partition coefficient (Wildman–Crippen LogP) is 2.55. The normalized spacial score (nSPS) is 19.3. The van der Waals surface area contributed by atoms with E-state index in [1.807, 2.05) is 6.92 Å². The number of amides is 1. The fourth-order valence-corrected chi connectivity index (χ4v) is 2.84. The highest BCUT2D eigenvalue weighted by Gasteiger charge is 2.29. The SMILES string of the molecule is CCCNC(=O)CO[C@@H](c1cccc(F)c1F)C1CCCNC1. The summed E-state index contributed by atoms with van der Waals surface area (Å²) in [6.45, 7) is 3.95. The molecule has 2 atom stereocenters. The van der Waals surface area contributed by atoms with E-state index >= 15 is 0 Å². The first-order valence-electron chi connectivity index (χ1n) is 8.16. The smallest absolute Gasteiger partial charge is 0.246 e. The van der Waals surface area contributed by atoms with Crippen LogP contribution in [0.1, 0.15) is 37.9 Å². The number of piperidine rings is 1. The Bertz CT molecular complexity index is 519. The van der Waals surface area contributed by atoms with Gasteiger partial charge in [0, 0.05) is 24.6 Å². The second kappa shape index (κ2) is 8.93. The molecular weight excluding hydrogens is 302 g/mol. The van der Waals surface area contributed by atoms with Crippen molar-refractivity contribution in [3.05, 3.63) is 35.4 Å². The first-order chi connectivity index (χ1) is 11.1. The molecule has 1 unspecified atom stereocenters. The number of hydrogen-bond acceptors (Lipinski definition) is 3. The number of carbonyl (C=O) groups excluding carboxylic acids is 1. The van der Waals surface area contributed by atoms with Crippen LogP contribution in [-0.2, 0) is 9.53 Å². The Morgan fingerprint density at radius 1 is 1.48 bits per heavy atom. The Morgan fingerprint density at radius 3 is 3.00 bits per heavy atom. The molecule has 0 spiro atoms. The van der Waals surface area contributed by atoms with Crippen molar-refractivity contribution in [2.45, 2.75) is 32.3 Å². The highest BCUT2D eigenvalue weighted by molar-refractivity contribution is 5.77. The molecule has 0 saturated carbocycles. The number of nitrogens with one attached hydrogen (secondary N) is 2. The molecule has 4 nitrogen and oxygen atoms in total. The molecule has 1 saturated heterocycles. The zero-order valence-electron chi connectivity index (χ0n) is 13.4. The van der Waals surface area contributed by atoms with Crippen molar-refractivity contribution < 1.29 is 18.3 Å². The zero-order valence-corrected chi connectivity index (χ0v) is 13.4. The molecule has 1 heterocycles. The number of halogens is 2. The molecule has 23 heavy (non-hydrogen) atoms. The number of rotatable bonds is 7. The van der Waals surface area contributed by atoms with Crippen LogP contribution >= 0.6 is 0 Å². The van der Waals surface area contributed by atoms with Crippen molar-refractivity contribution in [3.8, 4) is 0 Å². The Hall–Kier alpha value is -1.53. The van der Waals surface area contributed by atoms with Gasteiger partial charge in [0.05, 0.1) is 6.10 Å². The van der Waals surface area contributed by atoms with Crippen LogP contribution in [0.2, 0.25) is 0 Å². The lowest BCUT2D eigenvalue weighted by Crippen LogP contribution is -2.36. The molecule has 128 valence electrons. The van der Waals surface area contributed by atoms with Crippen molar-refractivity contribution in [1.82, 2.24) is 10.6 Å². The Kier molecular flexibility index (Phi) is 6.92. The van der Waals surface area contributed by atoms with Crippen molar-refractivity contribution in [3.63, 3.8) is 0 Å². The second-order valence-corrected chi connectivity index (χ2v) is 5.83. The lowest BCUT2D eigenvalue weighted by atomic mass is 9.89. The van der Waals surface area contributed by atoms with Gasteiger partial charge in [-0.15, -0.1) is 0 Å². The van der Waals surface area contributed by atoms with Crippen LogP contribution < -0.4 is 10.6 Å². The van der Waals surface area contributed by atoms with E-state index in [9.17, 15) is 13.6 Å². The van der Waals surface area contributed by atoms with Crippen LogP contribution in [0.15, 0.2) is 18.2 Å². The van der Waals surface area contributed by atoms with Crippen LogP contribution in [0.4, 0.5) is 8.78 Å². The van der Waals surface area contributed by atoms with Crippen molar-refractivity contribution in [2.75, 3.05) is 26.2 Å². The Labute approximate surface area is 135 Å². The Balaban J connectivity index is 2.11. The molecule has 0 aliphatic carbocycles. The van der Waals surface area contributed by atoms with E-state index in [2.05, 4.69) is 10.6 Å². The number of carbonyl (C=O) groups is 1. The lowest BCUT2D eigenvalue weighted by molar-refractivity contribution is -0.129. The third-order valence-corrected chi connectivity index (χ3v) is 4.02. The number of hydrogen-bond donors (Lipinski definition) is 2. The van der Waals surface area contributed by atoms with Gasteiger partial charge in [-0.25, -0.2) is 8.78 Å². The monoisotopic (exact) mass is 326 g/mol. The summed E-state index contributed by atoms with van der Waals surface area (Å²) < 4.78 is 33.4. The number of benzene rings is 1. The molecular formula is C17H24F2N2O2. The first kappa shape index (κ1) is 17.8. The predicted molar refractivity (Wildman–Crippen MR) is 83.9 cm³/mol. The van der Waals surface area contributed by atoms with Gasteiger partial charge < -0.3 is 15.4 Å². The van der Waals surface area contributed by atoms with Gasteiger partial charge in [-0.1, -0.05) is 19.1 Å². The first-order valence-corrected chi connectivity index (χ1v) is 8.16. The third kappa shape index (κ3) is 4.97. The summed E-state index contributed by atoms with van der Waals surface area (Å²) in [5.41, 5.74) is 0.182. The minimum atomic E-state index is -0.893. The summed E-state index contributed by atoms with van der Waals surface area (Å²) in [7, 11) is 0. The van der Waals surface area contributed by atoms with Gasteiger partial charge in [-0.05, 0) is 31.9 Å². The molecule has 1 amide bonds. The van der Waals surface area contributed by atoms with Crippen LogP contribution in [0.5, 0.6) is 0 Å². The standard InChI is InChI=1S/C17H24F2N2O2/c1-2-8-21-15(22)11-23-17(12-5-4-9-20-10-12)13-6-3-7-14(18)16(13)19/h3,6-7,12,17,20H,2,4-5,8-11H2,1H3,(H,21,22)/t12?,17-/m1/s1. The quantitative estimate of drug-likeness (QED) is 0.810. The summed E-state index contributed by atoms with van der Waals surface area (Å²) in [4.78, 5) is 11.8. The Morgan fingerprint density at radius 2 is 2.30 bits per heavy atom. The average Bonchev–Trinajstić information content (AvgIpc) is 2.57. The van der Waals surface area contributed by atoms with E-state index < -0.39 is 17.7 Å². The maximum atomic E-state index is 14.2. The van der Waals surface area contributed by atoms with Gasteiger partial charge >= 0.3 is 0 Å². The van der Waals surface area contributed by atoms with E-state index in [1.165, 1.54) is 12.1 Å². The van der Waals surface area contributed by atoms with Crippen LogP contribution in [0.3, 0.4) is 0 Å². The zero-order chi connectivity index (χ0) is 16.7. The largest absolute Gasteiger partial charge is 0.363 e. The number of ether oxygens (including phenoxy) is 1. The van der Waals surface area contributed by atoms with E-state index in [1.54, 1.807) is 0 Å². The van der Waals surface area contributed by atoms with E-state index in [0.29, 0.717) is 13.1 Å². The van der Waals surface area contributed by atoms with Gasteiger partial charge in [0.2, 0.25) is 5.91 Å². The summed E-state index contributed by atoms with van der Waals surface area (Å²) in [5.74, 6) is -2.01. The van der Waals surface area contributed by atoms with Gasteiger partial charge in [0.1, 0.15) is 6.61 Å². The molecule has 1 aliphatic rings. The van der Waals surface area contributed by atoms with E-state index in [4.69, 9.17) is 4.74 Å². The summed E-state index contributed by atoms with van der Waals surface area (Å²) in [5, 5.41) is 5.97. The van der Waals surface area contributed by atoms with Crippen molar-refractivity contribution in [2.24, 2.45) is 5.92 Å². The van der Waals surface area contributed by atoms with Crippen LogP contribution in [0.25, 0.3) is 0 Å². The van der Waals surface area contributed by atoms with Gasteiger partial charge in [-0.2, -0.15) is 0 Å². The van der Waals surface area contributed by atoms with Gasteiger partial charge in [0.15, 0.2) is 11.6 Å². The molecule has 1 aromatic carbocycles. The molecule has 2 rings (SSSR count). The van der Waals surface area contributed by atoms with Crippen LogP contribution in [0, 0.1) is 17.6 Å². The van der Waals surface area contributed by atoms with Crippen LogP contribution in [-0.4, -0.2) is 32.1 Å². The average molecular weight is 326 g/mol. The third-order valence-electron chi connectivity index (χ3n) is 4.02. The summed E-state index contributed by atoms with van der Waals surface area (Å²) >= 11 is 0. The molecule has 1 fully saturated rings. The molecule has 1 aromatic rings. The highest BCUT2D eigenvalue weighted by atomic mass is 19.2. The van der Waals surface area contributed by atoms with E-state index in [-0.39, 0.29) is 24.0 Å². The molecule has 0 bridgehead atoms. The highest BCUT2D eigenvalue weighted by Crippen LogP contribution is 2.32. The fourth-order valence-electron chi connectivity index (χ4n) is 2.84. The van der Waals surface area contributed by atoms with Crippen molar-refractivity contribution in [1.29, 1.82) is 0 Å². The molecule has 0 radical (unpaired) electrons. The minimum Gasteiger partial charge on any atom is -0.363 e. The van der Waals surface area contributed by atoms with Crippen molar-refractivity contribution >= 4 is 5.91 Å². The van der Waals surface area contributed by atoms with E-state index in [0.717, 1.165) is 31.9 Å². The summed E-state index contributed by atoms with van der Waals surface area (Å²) in [6, 6.07) is 4.09. The molecule has 2 N–H and O–H groups in total. The second-order valence-electron chi connectivity index (χ2n) is 5.83. The molecule has 0 aromatic heterocycles. The maximum absolute atomic E-state index is 14.2.